The topological polar surface area (TPSA) is 89.3 Å². The summed E-state index contributed by atoms with van der Waals surface area (Å²) in [6.07, 6.45) is 1.76. The number of nitrogens with two attached hydrogens (primary N) is 1. The van der Waals surface area contributed by atoms with Crippen molar-refractivity contribution in [1.82, 2.24) is 0 Å². The summed E-state index contributed by atoms with van der Waals surface area (Å²) in [4.78, 5) is 12.3. The van der Waals surface area contributed by atoms with Gasteiger partial charge in [0.2, 0.25) is 5.91 Å². The van der Waals surface area contributed by atoms with Crippen molar-refractivity contribution in [3.8, 4) is 0 Å². The average Bonchev–Trinajstić information content (AvgIpc) is 2.36. The van der Waals surface area contributed by atoms with E-state index in [1.165, 1.54) is 18.2 Å². The molecule has 0 radical (unpaired) electrons. The van der Waals surface area contributed by atoms with Crippen LogP contribution in [0.3, 0.4) is 0 Å². The van der Waals surface area contributed by atoms with Crippen LogP contribution in [0.5, 0.6) is 0 Å². The molecule has 1 atom stereocenters. The van der Waals surface area contributed by atoms with Gasteiger partial charge in [-0.15, -0.1) is 0 Å². The third kappa shape index (κ3) is 5.30. The molecule has 0 aromatic heterocycles. The Morgan fingerprint density at radius 2 is 2.00 bits per heavy atom. The van der Waals surface area contributed by atoms with Crippen molar-refractivity contribution < 1.29 is 13.2 Å². The number of halogens is 1. The van der Waals surface area contributed by atoms with Crippen molar-refractivity contribution >= 4 is 33.0 Å². The molecule has 3 N–H and O–H groups in total. The fourth-order valence-electron chi connectivity index (χ4n) is 1.94. The molecular weight excluding hydrogens is 312 g/mol. The maximum absolute atomic E-state index is 12.2. The molecule has 0 aliphatic heterocycles. The number of amides is 1. The molecule has 0 bridgehead atoms. The van der Waals surface area contributed by atoms with Gasteiger partial charge in [0.05, 0.1) is 21.5 Å². The Labute approximate surface area is 130 Å². The molecule has 1 aromatic carbocycles. The van der Waals surface area contributed by atoms with E-state index < -0.39 is 9.84 Å². The van der Waals surface area contributed by atoms with Crippen molar-refractivity contribution in [2.24, 2.45) is 17.6 Å². The zero-order valence-electron chi connectivity index (χ0n) is 12.4. The van der Waals surface area contributed by atoms with Crippen LogP contribution < -0.4 is 11.1 Å². The Morgan fingerprint density at radius 3 is 2.48 bits per heavy atom. The van der Waals surface area contributed by atoms with Crippen molar-refractivity contribution in [3.63, 3.8) is 0 Å². The minimum Gasteiger partial charge on any atom is -0.330 e. The van der Waals surface area contributed by atoms with Gasteiger partial charge < -0.3 is 11.1 Å². The van der Waals surface area contributed by atoms with Gasteiger partial charge in [-0.25, -0.2) is 8.42 Å². The second-order valence-corrected chi connectivity index (χ2v) is 7.89. The molecule has 0 saturated heterocycles. The van der Waals surface area contributed by atoms with Crippen LogP contribution in [0.25, 0.3) is 0 Å². The van der Waals surface area contributed by atoms with Crippen LogP contribution in [0.2, 0.25) is 5.02 Å². The highest BCUT2D eigenvalue weighted by Crippen LogP contribution is 2.26. The minimum atomic E-state index is -3.36. The minimum absolute atomic E-state index is 0.107. The zero-order valence-corrected chi connectivity index (χ0v) is 14.0. The molecule has 0 aliphatic carbocycles. The van der Waals surface area contributed by atoms with Crippen molar-refractivity contribution in [3.05, 3.63) is 23.2 Å². The van der Waals surface area contributed by atoms with Gasteiger partial charge in [-0.1, -0.05) is 25.4 Å². The summed E-state index contributed by atoms with van der Waals surface area (Å²) < 4.78 is 23.1. The molecule has 1 aromatic rings. The van der Waals surface area contributed by atoms with Gasteiger partial charge in [-0.05, 0) is 30.5 Å². The lowest BCUT2D eigenvalue weighted by molar-refractivity contribution is -0.120. The normalized spacial score (nSPS) is 13.2. The molecule has 0 spiro atoms. The van der Waals surface area contributed by atoms with E-state index in [-0.39, 0.29) is 34.0 Å². The number of rotatable bonds is 6. The standard InChI is InChI=1S/C14H21ClN2O3S/c1-9(2)6-10(8-16)14(18)17-13-7-11(21(3,19)20)4-5-12(13)15/h4-5,7,9-10H,6,8,16H2,1-3H3,(H,17,18). The maximum Gasteiger partial charge on any atom is 0.228 e. The summed E-state index contributed by atoms with van der Waals surface area (Å²) in [6, 6.07) is 4.22. The van der Waals surface area contributed by atoms with E-state index in [0.29, 0.717) is 12.3 Å². The largest absolute Gasteiger partial charge is 0.330 e. The molecule has 0 fully saturated rings. The number of hydrogen-bond donors (Lipinski definition) is 2. The predicted octanol–water partition coefficient (Wildman–Crippen LogP) is 2.30. The molecular formula is C14H21ClN2O3S. The highest BCUT2D eigenvalue weighted by Gasteiger charge is 2.20. The fraction of sp³-hybridized carbons (Fsp3) is 0.500. The molecule has 1 rings (SSSR count). The van der Waals surface area contributed by atoms with Gasteiger partial charge in [0.15, 0.2) is 9.84 Å². The predicted molar refractivity (Wildman–Crippen MR) is 85.2 cm³/mol. The molecule has 7 heteroatoms. The number of carbonyl (C=O) groups is 1. The first-order chi connectivity index (χ1) is 9.65. The van der Waals surface area contributed by atoms with Gasteiger partial charge in [-0.3, -0.25) is 4.79 Å². The van der Waals surface area contributed by atoms with Gasteiger partial charge >= 0.3 is 0 Å². The second-order valence-electron chi connectivity index (χ2n) is 5.47. The molecule has 0 heterocycles. The fourth-order valence-corrected chi connectivity index (χ4v) is 2.76. The first-order valence-electron chi connectivity index (χ1n) is 6.65. The first kappa shape index (κ1) is 17.9. The van der Waals surface area contributed by atoms with E-state index >= 15 is 0 Å². The number of sulfone groups is 1. The number of anilines is 1. The summed E-state index contributed by atoms with van der Waals surface area (Å²) in [5.41, 5.74) is 5.91. The zero-order chi connectivity index (χ0) is 16.2. The van der Waals surface area contributed by atoms with E-state index in [0.717, 1.165) is 6.26 Å². The molecule has 118 valence electrons. The van der Waals surface area contributed by atoms with Crippen LogP contribution in [0, 0.1) is 11.8 Å². The Kier molecular flexibility index (Phi) is 6.19. The van der Waals surface area contributed by atoms with Crippen LogP contribution in [0.1, 0.15) is 20.3 Å². The number of carbonyl (C=O) groups excluding carboxylic acids is 1. The molecule has 21 heavy (non-hydrogen) atoms. The van der Waals surface area contributed by atoms with E-state index in [1.807, 2.05) is 13.8 Å². The third-order valence-corrected chi connectivity index (χ3v) is 4.47. The Hall–Kier alpha value is -1.11. The van der Waals surface area contributed by atoms with E-state index in [9.17, 15) is 13.2 Å². The monoisotopic (exact) mass is 332 g/mol. The maximum atomic E-state index is 12.2. The summed E-state index contributed by atoms with van der Waals surface area (Å²) in [5, 5.41) is 2.95. The van der Waals surface area contributed by atoms with Crippen molar-refractivity contribution in [2.75, 3.05) is 18.1 Å². The Balaban J connectivity index is 2.99. The average molecular weight is 333 g/mol. The van der Waals surface area contributed by atoms with Gasteiger partial charge in [0.1, 0.15) is 0 Å². The smallest absolute Gasteiger partial charge is 0.228 e. The summed E-state index contributed by atoms with van der Waals surface area (Å²) >= 11 is 6.00. The molecule has 1 amide bonds. The SMILES string of the molecule is CC(C)CC(CN)C(=O)Nc1cc(S(C)(=O)=O)ccc1Cl. The van der Waals surface area contributed by atoms with Crippen LogP contribution >= 0.6 is 11.6 Å². The first-order valence-corrected chi connectivity index (χ1v) is 8.92. The Morgan fingerprint density at radius 1 is 1.38 bits per heavy atom. The summed E-state index contributed by atoms with van der Waals surface area (Å²) in [7, 11) is -3.36. The van der Waals surface area contributed by atoms with Gasteiger partial charge in [0, 0.05) is 12.8 Å². The van der Waals surface area contributed by atoms with Gasteiger partial charge in [-0.2, -0.15) is 0 Å². The lowest BCUT2D eigenvalue weighted by Gasteiger charge is -2.17. The van der Waals surface area contributed by atoms with Crippen LogP contribution in [-0.2, 0) is 14.6 Å². The number of benzene rings is 1. The Bertz CT molecular complexity index is 615. The molecule has 0 aliphatic rings. The van der Waals surface area contributed by atoms with E-state index in [4.69, 9.17) is 17.3 Å². The number of nitrogens with one attached hydrogen (secondary N) is 1. The molecule has 0 saturated carbocycles. The van der Waals surface area contributed by atoms with Crippen LogP contribution in [-0.4, -0.2) is 27.1 Å². The lowest BCUT2D eigenvalue weighted by Crippen LogP contribution is -2.30. The van der Waals surface area contributed by atoms with Crippen molar-refractivity contribution in [2.45, 2.75) is 25.2 Å². The third-order valence-electron chi connectivity index (χ3n) is 3.04. The second kappa shape index (κ2) is 7.24. The highest BCUT2D eigenvalue weighted by atomic mass is 35.5. The number of hydrogen-bond acceptors (Lipinski definition) is 4. The quantitative estimate of drug-likeness (QED) is 0.836. The van der Waals surface area contributed by atoms with E-state index in [2.05, 4.69) is 5.32 Å². The molecule has 1 unspecified atom stereocenters. The molecule has 5 nitrogen and oxygen atoms in total. The van der Waals surface area contributed by atoms with E-state index in [1.54, 1.807) is 0 Å². The summed E-state index contributed by atoms with van der Waals surface area (Å²) in [6.45, 7) is 4.24. The van der Waals surface area contributed by atoms with Crippen LogP contribution in [0.4, 0.5) is 5.69 Å². The lowest BCUT2D eigenvalue weighted by atomic mass is 9.96. The van der Waals surface area contributed by atoms with Gasteiger partial charge in [0.25, 0.3) is 0 Å². The van der Waals surface area contributed by atoms with Crippen molar-refractivity contribution in [1.29, 1.82) is 0 Å². The van der Waals surface area contributed by atoms with Crippen LogP contribution in [0.15, 0.2) is 23.1 Å². The highest BCUT2D eigenvalue weighted by molar-refractivity contribution is 7.90. The summed E-state index contributed by atoms with van der Waals surface area (Å²) in [5.74, 6) is -0.246.